The highest BCUT2D eigenvalue weighted by Crippen LogP contribution is 2.33. The van der Waals surface area contributed by atoms with Crippen molar-refractivity contribution < 1.29 is 29.0 Å². The number of aromatic hydroxyl groups is 1. The van der Waals surface area contributed by atoms with Crippen molar-refractivity contribution in [3.63, 3.8) is 0 Å². The fraction of sp³-hybridized carbons (Fsp3) is 0.400. The molecule has 0 aliphatic carbocycles. The molecule has 0 aliphatic rings. The van der Waals surface area contributed by atoms with Gasteiger partial charge in [-0.25, -0.2) is 0 Å². The first-order valence-electron chi connectivity index (χ1n) is 11.0. The number of phenols is 1. The Labute approximate surface area is 198 Å². The molecular formula is C25H31NO6S. The monoisotopic (exact) mass is 473 g/mol. The number of phenolic OH excluding ortho intramolecular Hbond substituents is 1. The van der Waals surface area contributed by atoms with Gasteiger partial charge in [0.15, 0.2) is 5.78 Å². The van der Waals surface area contributed by atoms with Crippen molar-refractivity contribution in [2.45, 2.75) is 44.9 Å². The van der Waals surface area contributed by atoms with E-state index in [2.05, 4.69) is 5.32 Å². The molecule has 2 N–H and O–H groups in total. The van der Waals surface area contributed by atoms with Crippen molar-refractivity contribution in [3.8, 4) is 11.5 Å². The molecule has 7 nitrogen and oxygen atoms in total. The van der Waals surface area contributed by atoms with Crippen molar-refractivity contribution in [2.24, 2.45) is 0 Å². The number of amides is 1. The number of ether oxygens (including phenoxy) is 2. The van der Waals surface area contributed by atoms with Gasteiger partial charge < -0.3 is 19.9 Å². The summed E-state index contributed by atoms with van der Waals surface area (Å²) in [6.45, 7) is 5.76. The van der Waals surface area contributed by atoms with E-state index in [9.17, 15) is 19.5 Å². The summed E-state index contributed by atoms with van der Waals surface area (Å²) in [5.74, 6) is 0.483. The van der Waals surface area contributed by atoms with E-state index in [1.807, 2.05) is 19.1 Å². The van der Waals surface area contributed by atoms with Crippen molar-refractivity contribution in [3.05, 3.63) is 53.1 Å². The van der Waals surface area contributed by atoms with Crippen LogP contribution in [0.3, 0.4) is 0 Å². The number of hydrogen-bond acceptors (Lipinski definition) is 7. The second kappa shape index (κ2) is 13.5. The van der Waals surface area contributed by atoms with Gasteiger partial charge in [0, 0.05) is 21.8 Å². The third kappa shape index (κ3) is 8.13. The largest absolute Gasteiger partial charge is 0.507 e. The van der Waals surface area contributed by atoms with Crippen molar-refractivity contribution in [1.29, 1.82) is 0 Å². The quantitative estimate of drug-likeness (QED) is 0.192. The number of benzene rings is 2. The summed E-state index contributed by atoms with van der Waals surface area (Å²) in [5.41, 5.74) is 1.47. The normalized spacial score (nSPS) is 10.5. The Morgan fingerprint density at radius 1 is 1.06 bits per heavy atom. The highest BCUT2D eigenvalue weighted by Gasteiger charge is 2.16. The highest BCUT2D eigenvalue weighted by atomic mass is 32.2. The minimum atomic E-state index is -0.466. The van der Waals surface area contributed by atoms with Gasteiger partial charge in [-0.05, 0) is 63.1 Å². The topological polar surface area (TPSA) is 102 Å². The summed E-state index contributed by atoms with van der Waals surface area (Å²) in [6, 6.07) is 10.5. The van der Waals surface area contributed by atoms with Crippen LogP contribution < -0.4 is 10.1 Å². The lowest BCUT2D eigenvalue weighted by Gasteiger charge is -2.14. The van der Waals surface area contributed by atoms with Crippen LogP contribution >= 0.6 is 11.8 Å². The predicted molar refractivity (Wildman–Crippen MR) is 128 cm³/mol. The molecule has 0 bridgehead atoms. The van der Waals surface area contributed by atoms with Crippen LogP contribution in [0.1, 0.15) is 59.9 Å². The first-order chi connectivity index (χ1) is 15.9. The molecule has 0 aliphatic heterocycles. The van der Waals surface area contributed by atoms with Gasteiger partial charge in [-0.3, -0.25) is 14.4 Å². The molecule has 0 fully saturated rings. The summed E-state index contributed by atoms with van der Waals surface area (Å²) in [5, 5.41) is 12.9. The van der Waals surface area contributed by atoms with Crippen molar-refractivity contribution in [2.75, 3.05) is 25.5 Å². The van der Waals surface area contributed by atoms with Gasteiger partial charge in [-0.2, -0.15) is 0 Å². The molecule has 0 spiro atoms. The van der Waals surface area contributed by atoms with E-state index < -0.39 is 5.97 Å². The second-order valence-electron chi connectivity index (χ2n) is 7.31. The molecule has 2 aromatic rings. The zero-order valence-electron chi connectivity index (χ0n) is 19.3. The van der Waals surface area contributed by atoms with Crippen LogP contribution in [0.5, 0.6) is 11.5 Å². The minimum Gasteiger partial charge on any atom is -0.507 e. The lowest BCUT2D eigenvalue weighted by molar-refractivity contribution is -0.141. The number of carbonyl (C=O) groups is 3. The zero-order valence-corrected chi connectivity index (χ0v) is 20.1. The maximum atomic E-state index is 12.1. The van der Waals surface area contributed by atoms with Crippen LogP contribution in [0.15, 0.2) is 41.3 Å². The summed E-state index contributed by atoms with van der Waals surface area (Å²) in [4.78, 5) is 36.1. The van der Waals surface area contributed by atoms with Crippen LogP contribution in [0.4, 0.5) is 0 Å². The molecule has 2 aromatic carbocycles. The molecule has 0 radical (unpaired) electrons. The zero-order chi connectivity index (χ0) is 24.2. The number of hydrogen-bond donors (Lipinski definition) is 2. The Bertz CT molecular complexity index is 958. The number of Topliss-reactive ketones (excluding diaryl/α,β-unsaturated/α-hetero) is 1. The number of thioether (sulfide) groups is 1. The van der Waals surface area contributed by atoms with Gasteiger partial charge in [-0.1, -0.05) is 13.3 Å². The van der Waals surface area contributed by atoms with E-state index in [0.717, 1.165) is 23.5 Å². The Morgan fingerprint density at radius 3 is 2.42 bits per heavy atom. The van der Waals surface area contributed by atoms with Gasteiger partial charge in [0.05, 0.1) is 18.8 Å². The van der Waals surface area contributed by atoms with E-state index in [4.69, 9.17) is 9.47 Å². The number of nitrogens with one attached hydrogen (secondary N) is 1. The number of ketones is 1. The molecule has 0 heterocycles. The van der Waals surface area contributed by atoms with Gasteiger partial charge >= 0.3 is 5.97 Å². The Kier molecular flexibility index (Phi) is 10.8. The van der Waals surface area contributed by atoms with Gasteiger partial charge in [-0.15, -0.1) is 11.8 Å². The molecule has 33 heavy (non-hydrogen) atoms. The van der Waals surface area contributed by atoms with Crippen LogP contribution in [-0.2, 0) is 16.0 Å². The Morgan fingerprint density at radius 2 is 1.79 bits per heavy atom. The summed E-state index contributed by atoms with van der Waals surface area (Å²) in [7, 11) is 0. The maximum Gasteiger partial charge on any atom is 0.325 e. The average Bonchev–Trinajstić information content (AvgIpc) is 2.79. The molecule has 0 aromatic heterocycles. The maximum absolute atomic E-state index is 12.1. The van der Waals surface area contributed by atoms with Crippen LogP contribution in [0.2, 0.25) is 0 Å². The first kappa shape index (κ1) is 26.3. The van der Waals surface area contributed by atoms with E-state index in [1.54, 1.807) is 43.0 Å². The standard InChI is InChI=1S/C25H31NO6S/c1-4-7-21-22(13-12-20(17(3)27)24(21)29)32-14-6-15-33-19-10-8-18(9-11-19)25(30)26-16-23(28)31-5-2/h8-13,29H,4-7,14-16H2,1-3H3,(H,26,30). The summed E-state index contributed by atoms with van der Waals surface area (Å²) in [6.07, 6.45) is 2.25. The Balaban J connectivity index is 1.80. The third-order valence-electron chi connectivity index (χ3n) is 4.75. The molecule has 0 saturated heterocycles. The van der Waals surface area contributed by atoms with Crippen molar-refractivity contribution >= 4 is 29.4 Å². The lowest BCUT2D eigenvalue weighted by Crippen LogP contribution is -2.30. The molecule has 0 saturated carbocycles. The molecule has 178 valence electrons. The fourth-order valence-corrected chi connectivity index (χ4v) is 3.96. The molecule has 0 unspecified atom stereocenters. The van der Waals surface area contributed by atoms with Crippen LogP contribution in [-0.4, -0.2) is 48.3 Å². The molecule has 0 atom stereocenters. The highest BCUT2D eigenvalue weighted by molar-refractivity contribution is 7.99. The first-order valence-corrected chi connectivity index (χ1v) is 12.0. The molecule has 8 heteroatoms. The van der Waals surface area contributed by atoms with E-state index in [0.29, 0.717) is 35.5 Å². The number of esters is 1. The fourth-order valence-electron chi connectivity index (χ4n) is 3.13. The SMILES string of the molecule is CCCc1c(OCCCSc2ccc(C(=O)NCC(=O)OCC)cc2)ccc(C(C)=O)c1O. The number of carbonyl (C=O) groups excluding carboxylic acids is 3. The minimum absolute atomic E-state index is 0.0163. The smallest absolute Gasteiger partial charge is 0.325 e. The molecule has 2 rings (SSSR count). The van der Waals surface area contributed by atoms with Crippen molar-refractivity contribution in [1.82, 2.24) is 5.32 Å². The summed E-state index contributed by atoms with van der Waals surface area (Å²) >= 11 is 1.64. The number of rotatable bonds is 13. The average molecular weight is 474 g/mol. The van der Waals surface area contributed by atoms with E-state index in [-0.39, 0.29) is 30.6 Å². The van der Waals surface area contributed by atoms with Gasteiger partial charge in [0.2, 0.25) is 0 Å². The molecular weight excluding hydrogens is 442 g/mol. The van der Waals surface area contributed by atoms with Gasteiger partial charge in [0.25, 0.3) is 5.91 Å². The molecule has 1 amide bonds. The third-order valence-corrected chi connectivity index (χ3v) is 5.85. The van der Waals surface area contributed by atoms with Crippen LogP contribution in [0, 0.1) is 0 Å². The van der Waals surface area contributed by atoms with Crippen LogP contribution in [0.25, 0.3) is 0 Å². The summed E-state index contributed by atoms with van der Waals surface area (Å²) < 4.78 is 10.7. The lowest BCUT2D eigenvalue weighted by atomic mass is 10.0. The van der Waals surface area contributed by atoms with Gasteiger partial charge in [0.1, 0.15) is 18.0 Å². The van der Waals surface area contributed by atoms with E-state index >= 15 is 0 Å². The second-order valence-corrected chi connectivity index (χ2v) is 8.48. The Hall–Kier alpha value is -3.00. The van der Waals surface area contributed by atoms with E-state index in [1.165, 1.54) is 6.92 Å². The predicted octanol–water partition coefficient (Wildman–Crippen LogP) is 4.40.